The van der Waals surface area contributed by atoms with E-state index in [9.17, 15) is 0 Å². The third kappa shape index (κ3) is 4.81. The molecule has 1 heterocycles. The topological polar surface area (TPSA) is 16.4 Å². The van der Waals surface area contributed by atoms with Gasteiger partial charge in [0.15, 0.2) is 0 Å². The minimum Gasteiger partial charge on any atom is -0.456 e. The van der Waals surface area contributed by atoms with Crippen LogP contribution in [0.5, 0.6) is 0 Å². The van der Waals surface area contributed by atoms with Crippen LogP contribution in [0.15, 0.2) is 205 Å². The summed E-state index contributed by atoms with van der Waals surface area (Å²) in [4.78, 5) is 2.44. The second-order valence-corrected chi connectivity index (χ2v) is 14.1. The first-order chi connectivity index (χ1) is 26.8. The van der Waals surface area contributed by atoms with Crippen LogP contribution >= 0.6 is 0 Å². The molecule has 2 nitrogen and oxygen atoms in total. The minimum atomic E-state index is 0.902. The number of hydrogen-bond donors (Lipinski definition) is 0. The van der Waals surface area contributed by atoms with Crippen molar-refractivity contribution in [1.29, 1.82) is 0 Å². The molecule has 0 saturated carbocycles. The summed E-state index contributed by atoms with van der Waals surface area (Å²) in [5.74, 6) is 0. The zero-order valence-electron chi connectivity index (χ0n) is 29.4. The summed E-state index contributed by atoms with van der Waals surface area (Å²) >= 11 is 0. The van der Waals surface area contributed by atoms with E-state index in [1.807, 2.05) is 12.1 Å². The third-order valence-corrected chi connectivity index (χ3v) is 11.0. The molecule has 0 spiro atoms. The fourth-order valence-corrected chi connectivity index (χ4v) is 8.54. The quantitative estimate of drug-likeness (QED) is 0.168. The summed E-state index contributed by atoms with van der Waals surface area (Å²) in [7, 11) is 0. The smallest absolute Gasteiger partial charge is 0.136 e. The van der Waals surface area contributed by atoms with Crippen molar-refractivity contribution in [1.82, 2.24) is 0 Å². The van der Waals surface area contributed by atoms with Crippen LogP contribution in [-0.2, 0) is 0 Å². The lowest BCUT2D eigenvalue weighted by molar-refractivity contribution is 0.669. The van der Waals surface area contributed by atoms with Gasteiger partial charge in [-0.15, -0.1) is 0 Å². The first-order valence-electron chi connectivity index (χ1n) is 18.5. The normalized spacial score (nSPS) is 11.7. The number of rotatable bonds is 5. The van der Waals surface area contributed by atoms with Crippen molar-refractivity contribution in [3.05, 3.63) is 200 Å². The van der Waals surface area contributed by atoms with E-state index in [1.54, 1.807) is 0 Å². The highest BCUT2D eigenvalue weighted by Gasteiger charge is 2.21. The van der Waals surface area contributed by atoms with E-state index in [0.717, 1.165) is 50.1 Å². The van der Waals surface area contributed by atoms with E-state index >= 15 is 0 Å². The molecular weight excluding hydrogens is 655 g/mol. The number of anilines is 3. The van der Waals surface area contributed by atoms with Gasteiger partial charge in [-0.25, -0.2) is 0 Å². The summed E-state index contributed by atoms with van der Waals surface area (Å²) in [5, 5.41) is 12.3. The molecule has 2 heteroatoms. The van der Waals surface area contributed by atoms with Crippen molar-refractivity contribution >= 4 is 82.1 Å². The molecule has 11 aromatic rings. The highest BCUT2D eigenvalue weighted by atomic mass is 16.3. The third-order valence-electron chi connectivity index (χ3n) is 11.0. The Labute approximate surface area is 312 Å². The van der Waals surface area contributed by atoms with Crippen LogP contribution in [0.3, 0.4) is 0 Å². The first-order valence-corrected chi connectivity index (χ1v) is 18.5. The Morgan fingerprint density at radius 3 is 1.76 bits per heavy atom. The first kappa shape index (κ1) is 30.5. The molecule has 252 valence electrons. The second-order valence-electron chi connectivity index (χ2n) is 14.1. The van der Waals surface area contributed by atoms with Crippen LogP contribution in [0.4, 0.5) is 17.1 Å². The van der Waals surface area contributed by atoms with Gasteiger partial charge >= 0.3 is 0 Å². The molecule has 0 fully saturated rings. The Morgan fingerprint density at radius 2 is 0.944 bits per heavy atom. The van der Waals surface area contributed by atoms with Crippen LogP contribution in [0, 0.1) is 0 Å². The molecule has 0 unspecified atom stereocenters. The Bertz CT molecular complexity index is 3210. The lowest BCUT2D eigenvalue weighted by Gasteiger charge is -2.29. The standard InChI is InChI=1S/C52H33NO/c1-2-12-34(13-3-1)38-16-10-17-41(32-38)53(40-29-26-37(27-30-40)43-21-11-23-49-51(43)46-20-8-9-22-48(46)54-49)47-33-39-25-24-35-14-4-6-18-42(35)50(39)52-44-19-7-5-15-36(44)28-31-45(47)52/h1-33H. The Hall–Kier alpha value is -7.16. The van der Waals surface area contributed by atoms with E-state index in [0.29, 0.717) is 0 Å². The van der Waals surface area contributed by atoms with Crippen molar-refractivity contribution in [3.8, 4) is 22.3 Å². The highest BCUT2D eigenvalue weighted by Crippen LogP contribution is 2.47. The van der Waals surface area contributed by atoms with E-state index in [4.69, 9.17) is 4.42 Å². The summed E-state index contributed by atoms with van der Waals surface area (Å²) in [5.41, 5.74) is 9.81. The molecule has 54 heavy (non-hydrogen) atoms. The molecule has 0 amide bonds. The molecule has 0 atom stereocenters. The molecule has 0 aliphatic carbocycles. The van der Waals surface area contributed by atoms with Crippen LogP contribution in [-0.4, -0.2) is 0 Å². The summed E-state index contributed by atoms with van der Waals surface area (Å²) in [6.45, 7) is 0. The molecule has 0 aliphatic rings. The maximum atomic E-state index is 6.26. The van der Waals surface area contributed by atoms with Crippen molar-refractivity contribution in [3.63, 3.8) is 0 Å². The van der Waals surface area contributed by atoms with Crippen LogP contribution < -0.4 is 4.90 Å². The molecule has 11 rings (SSSR count). The Balaban J connectivity index is 1.18. The van der Waals surface area contributed by atoms with Gasteiger partial charge in [0.2, 0.25) is 0 Å². The van der Waals surface area contributed by atoms with E-state index in [-0.39, 0.29) is 0 Å². The van der Waals surface area contributed by atoms with E-state index in [2.05, 4.69) is 193 Å². The number of hydrogen-bond acceptors (Lipinski definition) is 2. The maximum absolute atomic E-state index is 6.26. The molecule has 0 radical (unpaired) electrons. The van der Waals surface area contributed by atoms with Gasteiger partial charge in [-0.1, -0.05) is 158 Å². The SMILES string of the molecule is c1ccc(-c2cccc(N(c3ccc(-c4cccc5oc6ccccc6c45)cc3)c3cc4ccc5ccccc5c4c4c3ccc3ccccc34)c2)cc1. The lowest BCUT2D eigenvalue weighted by Crippen LogP contribution is -2.11. The summed E-state index contributed by atoms with van der Waals surface area (Å²) in [6.07, 6.45) is 0. The predicted molar refractivity (Wildman–Crippen MR) is 229 cm³/mol. The fourth-order valence-electron chi connectivity index (χ4n) is 8.54. The van der Waals surface area contributed by atoms with Gasteiger partial charge < -0.3 is 9.32 Å². The predicted octanol–water partition coefficient (Wildman–Crippen LogP) is 15.0. The Kier molecular flexibility index (Phi) is 6.90. The second kappa shape index (κ2) is 12.2. The van der Waals surface area contributed by atoms with Gasteiger partial charge in [0.25, 0.3) is 0 Å². The van der Waals surface area contributed by atoms with Gasteiger partial charge in [-0.05, 0) is 97.0 Å². The molecule has 0 bridgehead atoms. The number of furan rings is 1. The molecule has 0 N–H and O–H groups in total. The zero-order valence-corrected chi connectivity index (χ0v) is 29.4. The molecule has 0 saturated heterocycles. The molecular formula is C52H33NO. The fraction of sp³-hybridized carbons (Fsp3) is 0. The number of benzene rings is 10. The van der Waals surface area contributed by atoms with Gasteiger partial charge in [0, 0.05) is 32.9 Å². The van der Waals surface area contributed by atoms with Crippen molar-refractivity contribution in [2.24, 2.45) is 0 Å². The van der Waals surface area contributed by atoms with Gasteiger partial charge in [0.1, 0.15) is 11.2 Å². The van der Waals surface area contributed by atoms with Crippen LogP contribution in [0.1, 0.15) is 0 Å². The highest BCUT2D eigenvalue weighted by molar-refractivity contribution is 6.30. The molecule has 0 aliphatic heterocycles. The van der Waals surface area contributed by atoms with Crippen molar-refractivity contribution in [2.75, 3.05) is 4.90 Å². The number of para-hydroxylation sites is 1. The summed E-state index contributed by atoms with van der Waals surface area (Å²) in [6, 6.07) is 72.4. The largest absolute Gasteiger partial charge is 0.456 e. The number of nitrogens with zero attached hydrogens (tertiary/aromatic N) is 1. The summed E-state index contributed by atoms with van der Waals surface area (Å²) < 4.78 is 6.26. The van der Waals surface area contributed by atoms with Crippen molar-refractivity contribution in [2.45, 2.75) is 0 Å². The molecule has 1 aromatic heterocycles. The van der Waals surface area contributed by atoms with E-state index < -0.39 is 0 Å². The average molecular weight is 688 g/mol. The number of fused-ring (bicyclic) bond motifs is 10. The molecule has 10 aromatic carbocycles. The van der Waals surface area contributed by atoms with Crippen LogP contribution in [0.2, 0.25) is 0 Å². The van der Waals surface area contributed by atoms with Gasteiger partial charge in [-0.2, -0.15) is 0 Å². The van der Waals surface area contributed by atoms with E-state index in [1.165, 1.54) is 54.2 Å². The average Bonchev–Trinajstić information content (AvgIpc) is 3.63. The van der Waals surface area contributed by atoms with Gasteiger partial charge in [0.05, 0.1) is 5.69 Å². The zero-order chi connectivity index (χ0) is 35.6. The van der Waals surface area contributed by atoms with Crippen molar-refractivity contribution < 1.29 is 4.42 Å². The monoisotopic (exact) mass is 687 g/mol. The minimum absolute atomic E-state index is 0.902. The maximum Gasteiger partial charge on any atom is 0.136 e. The van der Waals surface area contributed by atoms with Gasteiger partial charge in [-0.3, -0.25) is 0 Å². The van der Waals surface area contributed by atoms with Crippen LogP contribution in [0.25, 0.3) is 87.3 Å². The lowest BCUT2D eigenvalue weighted by atomic mass is 9.91. The Morgan fingerprint density at radius 1 is 0.315 bits per heavy atom.